The van der Waals surface area contributed by atoms with Gasteiger partial charge in [-0.05, 0) is 51.8 Å². The van der Waals surface area contributed by atoms with Gasteiger partial charge in [-0.1, -0.05) is 6.07 Å². The number of benzene rings is 1. The highest BCUT2D eigenvalue weighted by atomic mass is 35.5. The van der Waals surface area contributed by atoms with E-state index in [1.807, 2.05) is 33.8 Å². The average Bonchev–Trinajstić information content (AvgIpc) is 2.37. The Morgan fingerprint density at radius 2 is 1.86 bits per heavy atom. The Morgan fingerprint density at radius 1 is 1.23 bits per heavy atom. The molecule has 0 saturated carbocycles. The molecule has 0 fully saturated rings. The molecule has 1 rings (SSSR count). The lowest BCUT2D eigenvalue weighted by Gasteiger charge is -2.13. The molecule has 0 saturated heterocycles. The summed E-state index contributed by atoms with van der Waals surface area (Å²) in [5.41, 5.74) is 7.71. The van der Waals surface area contributed by atoms with Gasteiger partial charge in [-0.25, -0.2) is 0 Å². The van der Waals surface area contributed by atoms with Gasteiger partial charge in [0, 0.05) is 29.8 Å². The summed E-state index contributed by atoms with van der Waals surface area (Å²) < 4.78 is 0. The van der Waals surface area contributed by atoms with E-state index in [2.05, 4.69) is 10.6 Å². The van der Waals surface area contributed by atoms with Crippen LogP contribution in [0.2, 0.25) is 0 Å². The van der Waals surface area contributed by atoms with Crippen molar-refractivity contribution in [2.45, 2.75) is 52.6 Å². The van der Waals surface area contributed by atoms with Crippen molar-refractivity contribution in [2.24, 2.45) is 5.73 Å². The molecule has 0 spiro atoms. The summed E-state index contributed by atoms with van der Waals surface area (Å²) in [7, 11) is 0. The molecule has 6 heteroatoms. The lowest BCUT2D eigenvalue weighted by Crippen LogP contribution is -2.30. The van der Waals surface area contributed by atoms with E-state index >= 15 is 0 Å². The van der Waals surface area contributed by atoms with Gasteiger partial charge in [-0.2, -0.15) is 0 Å². The van der Waals surface area contributed by atoms with Gasteiger partial charge in [-0.3, -0.25) is 9.59 Å². The van der Waals surface area contributed by atoms with Gasteiger partial charge >= 0.3 is 0 Å². The lowest BCUT2D eigenvalue weighted by atomic mass is 10.1. The fraction of sp³-hybridized carbons (Fsp3) is 0.500. The third-order valence-corrected chi connectivity index (χ3v) is 3.01. The first kappa shape index (κ1) is 20.4. The van der Waals surface area contributed by atoms with Crippen molar-refractivity contribution < 1.29 is 9.59 Å². The Kier molecular flexibility index (Phi) is 8.75. The van der Waals surface area contributed by atoms with Crippen LogP contribution in [0.4, 0.5) is 5.69 Å². The smallest absolute Gasteiger partial charge is 0.251 e. The number of nitrogens with one attached hydrogen (secondary N) is 2. The summed E-state index contributed by atoms with van der Waals surface area (Å²) in [5, 5.41) is 5.65. The number of carbonyl (C=O) groups is 2. The van der Waals surface area contributed by atoms with Crippen molar-refractivity contribution in [1.29, 1.82) is 0 Å². The highest BCUT2D eigenvalue weighted by molar-refractivity contribution is 5.98. The molecule has 0 aromatic heterocycles. The fourth-order valence-electron chi connectivity index (χ4n) is 1.87. The predicted molar refractivity (Wildman–Crippen MR) is 92.5 cm³/mol. The third kappa shape index (κ3) is 6.91. The van der Waals surface area contributed by atoms with E-state index in [0.717, 1.165) is 5.56 Å². The van der Waals surface area contributed by atoms with Crippen LogP contribution in [-0.4, -0.2) is 23.9 Å². The maximum atomic E-state index is 12.1. The van der Waals surface area contributed by atoms with Crippen LogP contribution in [0, 0.1) is 6.92 Å². The first-order valence-corrected chi connectivity index (χ1v) is 7.26. The number of anilines is 1. The van der Waals surface area contributed by atoms with Gasteiger partial charge in [0.2, 0.25) is 5.91 Å². The van der Waals surface area contributed by atoms with Crippen LogP contribution in [0.1, 0.15) is 49.5 Å². The number of nitrogens with two attached hydrogens (primary N) is 1. The molecule has 4 N–H and O–H groups in total. The van der Waals surface area contributed by atoms with Crippen LogP contribution >= 0.6 is 12.4 Å². The molecule has 2 amide bonds. The largest absolute Gasteiger partial charge is 0.350 e. The van der Waals surface area contributed by atoms with Crippen LogP contribution in [0.25, 0.3) is 0 Å². The van der Waals surface area contributed by atoms with Crippen LogP contribution in [0.15, 0.2) is 18.2 Å². The van der Waals surface area contributed by atoms with Gasteiger partial charge < -0.3 is 16.4 Å². The van der Waals surface area contributed by atoms with Gasteiger partial charge in [0.05, 0.1) is 0 Å². The number of aryl methyl sites for hydroxylation is 1. The summed E-state index contributed by atoms with van der Waals surface area (Å²) in [6.45, 7) is 7.56. The number of hydrogen-bond acceptors (Lipinski definition) is 3. The fourth-order valence-corrected chi connectivity index (χ4v) is 1.87. The van der Waals surface area contributed by atoms with Crippen LogP contribution in [0.5, 0.6) is 0 Å². The number of carbonyl (C=O) groups excluding carboxylic acids is 2. The van der Waals surface area contributed by atoms with Crippen molar-refractivity contribution in [3.05, 3.63) is 29.3 Å². The molecule has 1 atom stereocenters. The summed E-state index contributed by atoms with van der Waals surface area (Å²) in [6.07, 6.45) is 1.01. The maximum absolute atomic E-state index is 12.1. The zero-order chi connectivity index (χ0) is 16.0. The summed E-state index contributed by atoms with van der Waals surface area (Å²) >= 11 is 0. The molecule has 124 valence electrons. The van der Waals surface area contributed by atoms with E-state index in [0.29, 0.717) is 24.1 Å². The SMILES string of the molecule is Cc1ccc(NC(=O)CCC(C)N)cc1C(=O)NC(C)C.Cl. The first-order chi connectivity index (χ1) is 9.79. The zero-order valence-electron chi connectivity index (χ0n) is 13.6. The molecule has 1 unspecified atom stereocenters. The molecule has 1 aromatic carbocycles. The second-order valence-corrected chi connectivity index (χ2v) is 5.72. The van der Waals surface area contributed by atoms with Crippen LogP contribution < -0.4 is 16.4 Å². The number of amides is 2. The molecule has 0 aliphatic rings. The molecular formula is C16H26ClN3O2. The zero-order valence-corrected chi connectivity index (χ0v) is 14.4. The highest BCUT2D eigenvalue weighted by Crippen LogP contribution is 2.16. The quantitative estimate of drug-likeness (QED) is 0.751. The molecule has 0 heterocycles. The van der Waals surface area contributed by atoms with Crippen molar-refractivity contribution in [3.63, 3.8) is 0 Å². The average molecular weight is 328 g/mol. The first-order valence-electron chi connectivity index (χ1n) is 7.26. The van der Waals surface area contributed by atoms with E-state index in [-0.39, 0.29) is 36.3 Å². The summed E-state index contributed by atoms with van der Waals surface area (Å²) in [6, 6.07) is 5.40. The molecular weight excluding hydrogens is 302 g/mol. The minimum atomic E-state index is -0.130. The number of hydrogen-bond donors (Lipinski definition) is 3. The van der Waals surface area contributed by atoms with Crippen molar-refractivity contribution in [1.82, 2.24) is 5.32 Å². The van der Waals surface area contributed by atoms with Crippen molar-refractivity contribution in [3.8, 4) is 0 Å². The second kappa shape index (κ2) is 9.43. The lowest BCUT2D eigenvalue weighted by molar-refractivity contribution is -0.116. The molecule has 0 aliphatic carbocycles. The summed E-state index contributed by atoms with van der Waals surface area (Å²) in [5.74, 6) is -0.222. The Morgan fingerprint density at radius 3 is 2.41 bits per heavy atom. The predicted octanol–water partition coefficient (Wildman–Crippen LogP) is 2.62. The molecule has 1 aromatic rings. The van der Waals surface area contributed by atoms with Gasteiger partial charge in [0.15, 0.2) is 0 Å². The normalized spacial score (nSPS) is 11.5. The van der Waals surface area contributed by atoms with E-state index in [1.165, 1.54) is 0 Å². The Hall–Kier alpha value is -1.59. The topological polar surface area (TPSA) is 84.2 Å². The Bertz CT molecular complexity index is 516. The van der Waals surface area contributed by atoms with Gasteiger partial charge in [0.25, 0.3) is 5.91 Å². The van der Waals surface area contributed by atoms with Crippen LogP contribution in [0.3, 0.4) is 0 Å². The summed E-state index contributed by atoms with van der Waals surface area (Å²) in [4.78, 5) is 23.9. The standard InChI is InChI=1S/C16H25N3O2.ClH/c1-10(2)18-16(21)14-9-13(7-5-11(14)3)19-15(20)8-6-12(4)17;/h5,7,9-10,12H,6,8,17H2,1-4H3,(H,18,21)(H,19,20);1H. The maximum Gasteiger partial charge on any atom is 0.251 e. The molecule has 5 nitrogen and oxygen atoms in total. The van der Waals surface area contributed by atoms with E-state index in [4.69, 9.17) is 5.73 Å². The van der Waals surface area contributed by atoms with E-state index in [9.17, 15) is 9.59 Å². The minimum absolute atomic E-state index is 0. The monoisotopic (exact) mass is 327 g/mol. The molecule has 0 bridgehead atoms. The van der Waals surface area contributed by atoms with E-state index < -0.39 is 0 Å². The minimum Gasteiger partial charge on any atom is -0.350 e. The molecule has 22 heavy (non-hydrogen) atoms. The highest BCUT2D eigenvalue weighted by Gasteiger charge is 2.12. The van der Waals surface area contributed by atoms with E-state index in [1.54, 1.807) is 12.1 Å². The van der Waals surface area contributed by atoms with Gasteiger partial charge in [-0.15, -0.1) is 12.4 Å². The van der Waals surface area contributed by atoms with Crippen molar-refractivity contribution in [2.75, 3.05) is 5.32 Å². The Labute approximate surface area is 138 Å². The third-order valence-electron chi connectivity index (χ3n) is 3.01. The Balaban J connectivity index is 0.00000441. The van der Waals surface area contributed by atoms with Crippen LogP contribution in [-0.2, 0) is 4.79 Å². The number of halogens is 1. The molecule has 0 radical (unpaired) electrons. The van der Waals surface area contributed by atoms with Gasteiger partial charge in [0.1, 0.15) is 0 Å². The molecule has 0 aliphatic heterocycles. The van der Waals surface area contributed by atoms with Crippen molar-refractivity contribution >= 4 is 29.9 Å². The number of rotatable bonds is 6. The second-order valence-electron chi connectivity index (χ2n) is 5.72.